The molecule has 3 aromatic rings. The highest BCUT2D eigenvalue weighted by Gasteiger charge is 2.40. The Labute approximate surface area is 200 Å². The maximum atomic E-state index is 13.8. The van der Waals surface area contributed by atoms with Crippen LogP contribution >= 0.6 is 0 Å². The number of ether oxygens (including phenoxy) is 1. The van der Waals surface area contributed by atoms with E-state index in [0.717, 1.165) is 33.9 Å². The van der Waals surface area contributed by atoms with E-state index in [4.69, 9.17) is 4.74 Å². The van der Waals surface area contributed by atoms with Crippen LogP contribution in [0, 0.1) is 6.92 Å². The van der Waals surface area contributed by atoms with Crippen LogP contribution in [0.1, 0.15) is 48.4 Å². The Hall–Kier alpha value is -3.86. The Morgan fingerprint density at radius 1 is 0.941 bits per heavy atom. The van der Waals surface area contributed by atoms with Gasteiger partial charge in [0.25, 0.3) is 0 Å². The molecular weight excluding hydrogens is 424 g/mol. The molecule has 3 aromatic carbocycles. The van der Waals surface area contributed by atoms with Crippen molar-refractivity contribution in [1.82, 2.24) is 0 Å². The summed E-state index contributed by atoms with van der Waals surface area (Å²) in [6, 6.07) is 23.3. The number of hydrogen-bond acceptors (Lipinski definition) is 4. The van der Waals surface area contributed by atoms with Crippen LogP contribution in [0.15, 0.2) is 84.1 Å². The zero-order valence-electron chi connectivity index (χ0n) is 19.7. The molecular formula is C29H28N2O3. The number of benzene rings is 3. The first-order valence-corrected chi connectivity index (χ1v) is 11.6. The number of carbonyl (C=O) groups is 2. The van der Waals surface area contributed by atoms with E-state index < -0.39 is 6.04 Å². The minimum Gasteiger partial charge on any atom is -0.497 e. The largest absolute Gasteiger partial charge is 0.497 e. The third kappa shape index (κ3) is 3.87. The minimum atomic E-state index is -0.513. The van der Waals surface area contributed by atoms with E-state index in [1.807, 2.05) is 48.5 Å². The van der Waals surface area contributed by atoms with Gasteiger partial charge in [0, 0.05) is 24.6 Å². The molecule has 0 bridgehead atoms. The summed E-state index contributed by atoms with van der Waals surface area (Å²) in [5.74, 6) is 0.775. The van der Waals surface area contributed by atoms with Gasteiger partial charge in [0.05, 0.1) is 24.5 Å². The highest BCUT2D eigenvalue weighted by atomic mass is 16.5. The molecule has 5 rings (SSSR count). The number of rotatable bonds is 3. The van der Waals surface area contributed by atoms with Crippen LogP contribution in [0.4, 0.5) is 11.4 Å². The van der Waals surface area contributed by atoms with Gasteiger partial charge in [-0.1, -0.05) is 54.1 Å². The summed E-state index contributed by atoms with van der Waals surface area (Å²) in [7, 11) is 1.62. The van der Waals surface area contributed by atoms with Gasteiger partial charge in [0.1, 0.15) is 5.75 Å². The number of nitrogens with one attached hydrogen (secondary N) is 1. The number of fused-ring (bicyclic) bond motifs is 1. The first kappa shape index (κ1) is 22.0. The Bertz CT molecular complexity index is 1280. The topological polar surface area (TPSA) is 58.6 Å². The van der Waals surface area contributed by atoms with Gasteiger partial charge in [-0.25, -0.2) is 0 Å². The van der Waals surface area contributed by atoms with Gasteiger partial charge < -0.3 is 10.1 Å². The van der Waals surface area contributed by atoms with E-state index in [2.05, 4.69) is 36.5 Å². The van der Waals surface area contributed by atoms with Crippen molar-refractivity contribution >= 4 is 23.1 Å². The molecule has 0 saturated carbocycles. The monoisotopic (exact) mass is 452 g/mol. The van der Waals surface area contributed by atoms with E-state index in [0.29, 0.717) is 18.4 Å². The van der Waals surface area contributed by atoms with Crippen molar-refractivity contribution < 1.29 is 14.3 Å². The molecule has 1 amide bonds. The maximum absolute atomic E-state index is 13.8. The molecule has 0 saturated heterocycles. The van der Waals surface area contributed by atoms with Crippen molar-refractivity contribution in [2.24, 2.45) is 0 Å². The molecule has 0 aromatic heterocycles. The molecule has 1 heterocycles. The molecule has 172 valence electrons. The van der Waals surface area contributed by atoms with Crippen LogP contribution in [0.3, 0.4) is 0 Å². The second-order valence-electron chi connectivity index (χ2n) is 9.04. The van der Waals surface area contributed by atoms with E-state index in [1.54, 1.807) is 18.9 Å². The molecule has 0 unspecified atom stereocenters. The van der Waals surface area contributed by atoms with Gasteiger partial charge in [0.2, 0.25) is 5.91 Å². The third-order valence-corrected chi connectivity index (χ3v) is 6.81. The lowest BCUT2D eigenvalue weighted by atomic mass is 9.78. The highest BCUT2D eigenvalue weighted by Crippen LogP contribution is 2.47. The lowest BCUT2D eigenvalue weighted by Crippen LogP contribution is -2.37. The zero-order chi connectivity index (χ0) is 23.8. The number of Topliss-reactive ketones (excluding diaryl/α,β-unsaturated/α-hetero) is 1. The predicted molar refractivity (Wildman–Crippen MR) is 134 cm³/mol. The van der Waals surface area contributed by atoms with Crippen molar-refractivity contribution in [3.05, 3.63) is 101 Å². The number of para-hydroxylation sites is 2. The number of hydrogen-bond donors (Lipinski definition) is 1. The van der Waals surface area contributed by atoms with Crippen molar-refractivity contribution in [2.45, 2.75) is 38.6 Å². The quantitative estimate of drug-likeness (QED) is 0.536. The van der Waals surface area contributed by atoms with Gasteiger partial charge in [-0.2, -0.15) is 0 Å². The fourth-order valence-corrected chi connectivity index (χ4v) is 5.11. The van der Waals surface area contributed by atoms with Gasteiger partial charge in [-0.3, -0.25) is 14.5 Å². The third-order valence-electron chi connectivity index (χ3n) is 6.81. The number of methoxy groups -OCH3 is 1. The van der Waals surface area contributed by atoms with Crippen molar-refractivity contribution in [3.8, 4) is 5.75 Å². The second kappa shape index (κ2) is 8.82. The van der Waals surface area contributed by atoms with Gasteiger partial charge >= 0.3 is 0 Å². The van der Waals surface area contributed by atoms with Crippen molar-refractivity contribution in [3.63, 3.8) is 0 Å². The average Bonchev–Trinajstić information content (AvgIpc) is 2.99. The SMILES string of the molecule is COc1ccc([C@H]2C3=C(C[C@H](c4ccc(C)cc4)CC3=O)Nc3ccccc3N2C(C)=O)cc1. The number of carbonyl (C=O) groups excluding carboxylic acids is 2. The predicted octanol–water partition coefficient (Wildman–Crippen LogP) is 5.92. The van der Waals surface area contributed by atoms with Crippen LogP contribution in [-0.4, -0.2) is 18.8 Å². The molecule has 1 N–H and O–H groups in total. The average molecular weight is 453 g/mol. The van der Waals surface area contributed by atoms with E-state index in [9.17, 15) is 9.59 Å². The summed E-state index contributed by atoms with van der Waals surface area (Å²) in [5, 5.41) is 3.55. The molecule has 0 fully saturated rings. The standard InChI is InChI=1S/C29H28N2O3/c1-18-8-10-20(11-9-18)22-16-25-28(27(33)17-22)29(21-12-14-23(34-3)15-13-21)31(19(2)32)26-7-5-4-6-24(26)30-25/h4-15,22,29-30H,16-17H2,1-3H3/t22-,29-/m0/s1. The lowest BCUT2D eigenvalue weighted by molar-refractivity contribution is -0.117. The van der Waals surface area contributed by atoms with Crippen molar-refractivity contribution in [2.75, 3.05) is 17.3 Å². The molecule has 2 aliphatic rings. The fourth-order valence-electron chi connectivity index (χ4n) is 5.11. The molecule has 2 atom stereocenters. The van der Waals surface area contributed by atoms with E-state index in [1.165, 1.54) is 5.56 Å². The number of anilines is 2. The Balaban J connectivity index is 1.68. The zero-order valence-corrected chi connectivity index (χ0v) is 19.7. The molecule has 34 heavy (non-hydrogen) atoms. The minimum absolute atomic E-state index is 0.0687. The molecule has 5 heteroatoms. The number of amides is 1. The number of allylic oxidation sites excluding steroid dienone is 1. The molecule has 1 aliphatic heterocycles. The molecule has 1 aliphatic carbocycles. The van der Waals surface area contributed by atoms with Crippen LogP contribution in [0.25, 0.3) is 0 Å². The van der Waals surface area contributed by atoms with Crippen LogP contribution < -0.4 is 15.0 Å². The van der Waals surface area contributed by atoms with Gasteiger partial charge in [-0.05, 0) is 54.7 Å². The summed E-state index contributed by atoms with van der Waals surface area (Å²) in [4.78, 5) is 28.6. The van der Waals surface area contributed by atoms with Crippen LogP contribution in [0.2, 0.25) is 0 Å². The maximum Gasteiger partial charge on any atom is 0.224 e. The summed E-state index contributed by atoms with van der Waals surface area (Å²) in [5.41, 5.74) is 6.39. The fraction of sp³-hybridized carbons (Fsp3) is 0.241. The second-order valence-corrected chi connectivity index (χ2v) is 9.04. The number of aryl methyl sites for hydroxylation is 1. The normalized spacial score (nSPS) is 19.6. The Morgan fingerprint density at radius 3 is 2.29 bits per heavy atom. The van der Waals surface area contributed by atoms with Crippen LogP contribution in [0.5, 0.6) is 5.75 Å². The Kier molecular flexibility index (Phi) is 5.70. The molecule has 0 radical (unpaired) electrons. The van der Waals surface area contributed by atoms with Gasteiger partial charge in [-0.15, -0.1) is 0 Å². The first-order chi connectivity index (χ1) is 16.5. The van der Waals surface area contributed by atoms with E-state index >= 15 is 0 Å². The summed E-state index contributed by atoms with van der Waals surface area (Å²) < 4.78 is 5.34. The molecule has 5 nitrogen and oxygen atoms in total. The van der Waals surface area contributed by atoms with Crippen molar-refractivity contribution in [1.29, 1.82) is 0 Å². The number of ketones is 1. The summed E-state index contributed by atoms with van der Waals surface area (Å²) in [6.45, 7) is 3.62. The Morgan fingerprint density at radius 2 is 1.62 bits per heavy atom. The lowest BCUT2D eigenvalue weighted by Gasteiger charge is -2.34. The number of nitrogens with zero attached hydrogens (tertiary/aromatic N) is 1. The highest BCUT2D eigenvalue weighted by molar-refractivity contribution is 6.06. The van der Waals surface area contributed by atoms with Gasteiger partial charge in [0.15, 0.2) is 5.78 Å². The summed E-state index contributed by atoms with van der Waals surface area (Å²) in [6.07, 6.45) is 1.12. The first-order valence-electron chi connectivity index (χ1n) is 11.6. The smallest absolute Gasteiger partial charge is 0.224 e. The summed E-state index contributed by atoms with van der Waals surface area (Å²) >= 11 is 0. The van der Waals surface area contributed by atoms with Crippen LogP contribution in [-0.2, 0) is 9.59 Å². The molecule has 0 spiro atoms. The van der Waals surface area contributed by atoms with E-state index in [-0.39, 0.29) is 17.6 Å².